The number of aryl methyl sites for hydroxylation is 1. The third-order valence-corrected chi connectivity index (χ3v) is 8.43. The molecule has 1 saturated heterocycles. The van der Waals surface area contributed by atoms with E-state index in [1.54, 1.807) is 12.0 Å². The van der Waals surface area contributed by atoms with Crippen LogP contribution in [0.1, 0.15) is 36.1 Å². The number of carbonyl (C=O) groups is 1. The molecule has 2 aromatic rings. The fraction of sp³-hybridized carbons (Fsp3) is 0.548. The van der Waals surface area contributed by atoms with Crippen LogP contribution in [0.2, 0.25) is 0 Å². The molecule has 1 aliphatic carbocycles. The second-order valence-electron chi connectivity index (χ2n) is 11.3. The van der Waals surface area contributed by atoms with E-state index in [4.69, 9.17) is 19.4 Å². The Balaban J connectivity index is 1.45. The normalized spacial score (nSPS) is 20.2. The van der Waals surface area contributed by atoms with E-state index in [9.17, 15) is 10.1 Å². The van der Waals surface area contributed by atoms with Gasteiger partial charge in [0.25, 0.3) is 0 Å². The molecule has 10 heteroatoms. The van der Waals surface area contributed by atoms with Crippen molar-refractivity contribution in [2.45, 2.75) is 50.6 Å². The predicted octanol–water partition coefficient (Wildman–Crippen LogP) is 2.85. The molecule has 218 valence electrons. The van der Waals surface area contributed by atoms with Crippen molar-refractivity contribution in [2.75, 3.05) is 70.3 Å². The van der Waals surface area contributed by atoms with Gasteiger partial charge in [-0.25, -0.2) is 0 Å². The van der Waals surface area contributed by atoms with Gasteiger partial charge in [0.15, 0.2) is 0 Å². The second kappa shape index (κ2) is 12.8. The molecule has 1 aromatic heterocycles. The number of anilines is 2. The highest BCUT2D eigenvalue weighted by molar-refractivity contribution is 5.87. The van der Waals surface area contributed by atoms with Gasteiger partial charge in [0, 0.05) is 62.5 Å². The van der Waals surface area contributed by atoms with Gasteiger partial charge in [-0.3, -0.25) is 4.79 Å². The highest BCUT2D eigenvalue weighted by Crippen LogP contribution is 2.38. The van der Waals surface area contributed by atoms with Crippen molar-refractivity contribution in [3.05, 3.63) is 47.7 Å². The summed E-state index contributed by atoms with van der Waals surface area (Å²) in [5, 5.41) is 9.49. The van der Waals surface area contributed by atoms with E-state index in [0.29, 0.717) is 38.3 Å². The lowest BCUT2D eigenvalue weighted by molar-refractivity contribution is -0.128. The summed E-state index contributed by atoms with van der Waals surface area (Å²) in [6.45, 7) is 7.60. The summed E-state index contributed by atoms with van der Waals surface area (Å²) < 4.78 is 11.6. The van der Waals surface area contributed by atoms with Crippen LogP contribution in [-0.2, 0) is 24.1 Å². The Hall–Kier alpha value is -3.84. The smallest absolute Gasteiger partial charge is 0.318 e. The molecule has 0 radical (unpaired) electrons. The van der Waals surface area contributed by atoms with Crippen LogP contribution in [0.4, 0.5) is 11.5 Å². The quantitative estimate of drug-likeness (QED) is 0.430. The number of piperazine rings is 1. The van der Waals surface area contributed by atoms with E-state index in [0.717, 1.165) is 68.0 Å². The molecular formula is C31H41N7O3. The first-order chi connectivity index (χ1) is 19.9. The molecule has 0 saturated carbocycles. The van der Waals surface area contributed by atoms with Crippen LogP contribution in [0.5, 0.6) is 11.8 Å². The van der Waals surface area contributed by atoms with Gasteiger partial charge in [-0.1, -0.05) is 12.6 Å². The lowest BCUT2D eigenvalue weighted by Gasteiger charge is -2.43. The summed E-state index contributed by atoms with van der Waals surface area (Å²) in [5.74, 6) is 1.63. The number of fused-ring (bicyclic) bond motifs is 2. The average molecular weight is 560 g/mol. The summed E-state index contributed by atoms with van der Waals surface area (Å²) in [5.41, 5.74) is 4.82. The minimum absolute atomic E-state index is 0.136. The Kier molecular flexibility index (Phi) is 8.93. The number of nitriles is 1. The summed E-state index contributed by atoms with van der Waals surface area (Å²) in [6, 6.07) is 9.17. The van der Waals surface area contributed by atoms with Crippen molar-refractivity contribution < 1.29 is 14.3 Å². The maximum Gasteiger partial charge on any atom is 0.318 e. The molecule has 0 bridgehead atoms. The van der Waals surface area contributed by atoms with Gasteiger partial charge in [0.2, 0.25) is 5.91 Å². The number of ether oxygens (including phenoxy) is 2. The van der Waals surface area contributed by atoms with Crippen molar-refractivity contribution in [3.63, 3.8) is 0 Å². The minimum Gasteiger partial charge on any atom is -0.497 e. The second-order valence-corrected chi connectivity index (χ2v) is 11.3. The summed E-state index contributed by atoms with van der Waals surface area (Å²) >= 11 is 0. The van der Waals surface area contributed by atoms with Gasteiger partial charge in [0.05, 0.1) is 31.3 Å². The standard InChI is InChI=1S/C31H41N7O3/c1-5-29(39)38-16-15-36(21-24(38)12-13-32)30-26-11-9-23(19-27(26)33-31(34-30)41-18-17-35(2)3)37-14-6-7-22-8-10-25(40-4)20-28(22)37/h5,8,10,20,23-24H,1,6-7,9,11-12,14-19,21H2,2-4H3. The Labute approximate surface area is 243 Å². The Morgan fingerprint density at radius 3 is 2.85 bits per heavy atom. The van der Waals surface area contributed by atoms with Gasteiger partial charge >= 0.3 is 6.01 Å². The number of aromatic nitrogens is 2. The molecule has 10 nitrogen and oxygen atoms in total. The average Bonchev–Trinajstić information content (AvgIpc) is 2.99. The molecular weight excluding hydrogens is 518 g/mol. The number of methoxy groups -OCH3 is 1. The van der Waals surface area contributed by atoms with Gasteiger partial charge in [-0.15, -0.1) is 0 Å². The molecule has 1 amide bonds. The molecule has 1 fully saturated rings. The van der Waals surface area contributed by atoms with Crippen LogP contribution < -0.4 is 19.3 Å². The number of hydrogen-bond donors (Lipinski definition) is 0. The number of benzene rings is 1. The molecule has 2 unspecified atom stereocenters. The van der Waals surface area contributed by atoms with Crippen molar-refractivity contribution in [1.29, 1.82) is 5.26 Å². The molecule has 0 N–H and O–H groups in total. The fourth-order valence-electron chi connectivity index (χ4n) is 6.29. The molecule has 41 heavy (non-hydrogen) atoms. The van der Waals surface area contributed by atoms with Crippen LogP contribution in [0.15, 0.2) is 30.9 Å². The van der Waals surface area contributed by atoms with E-state index in [1.807, 2.05) is 14.1 Å². The molecule has 0 spiro atoms. The predicted molar refractivity (Wildman–Crippen MR) is 159 cm³/mol. The zero-order valence-corrected chi connectivity index (χ0v) is 24.5. The monoisotopic (exact) mass is 559 g/mol. The highest BCUT2D eigenvalue weighted by Gasteiger charge is 2.35. The van der Waals surface area contributed by atoms with Crippen molar-refractivity contribution in [3.8, 4) is 17.8 Å². The van der Waals surface area contributed by atoms with E-state index in [2.05, 4.69) is 45.5 Å². The molecule has 3 aliphatic rings. The molecule has 5 rings (SSSR count). The number of carbonyl (C=O) groups excluding carboxylic acids is 1. The number of likely N-dealkylation sites (N-methyl/N-ethyl adjacent to an activating group) is 1. The lowest BCUT2D eigenvalue weighted by atomic mass is 9.88. The fourth-order valence-corrected chi connectivity index (χ4v) is 6.29. The number of amides is 1. The maximum atomic E-state index is 12.5. The molecule has 2 aliphatic heterocycles. The number of rotatable bonds is 9. The minimum atomic E-state index is -0.223. The molecule has 1 aromatic carbocycles. The summed E-state index contributed by atoms with van der Waals surface area (Å²) in [6.07, 6.45) is 6.47. The van der Waals surface area contributed by atoms with Crippen LogP contribution in [0, 0.1) is 11.3 Å². The van der Waals surface area contributed by atoms with Gasteiger partial charge in [0.1, 0.15) is 18.2 Å². The topological polar surface area (TPSA) is 98.1 Å². The van der Waals surface area contributed by atoms with Gasteiger partial charge in [-0.2, -0.15) is 15.2 Å². The van der Waals surface area contributed by atoms with Crippen LogP contribution >= 0.6 is 0 Å². The first-order valence-electron chi connectivity index (χ1n) is 14.6. The Morgan fingerprint density at radius 1 is 1.24 bits per heavy atom. The van der Waals surface area contributed by atoms with Crippen molar-refractivity contribution in [1.82, 2.24) is 19.8 Å². The Bertz CT molecular complexity index is 1310. The van der Waals surface area contributed by atoms with Crippen molar-refractivity contribution in [2.24, 2.45) is 0 Å². The third kappa shape index (κ3) is 6.25. The SMILES string of the molecule is C=CC(=O)N1CCN(c2nc(OCCN(C)C)nc3c2CCC(N2CCCc4ccc(OC)cc42)C3)CC1CC#N. The van der Waals surface area contributed by atoms with Crippen LogP contribution in [0.25, 0.3) is 0 Å². The largest absolute Gasteiger partial charge is 0.497 e. The first-order valence-corrected chi connectivity index (χ1v) is 14.6. The summed E-state index contributed by atoms with van der Waals surface area (Å²) in [4.78, 5) is 31.0. The van der Waals surface area contributed by atoms with E-state index < -0.39 is 0 Å². The summed E-state index contributed by atoms with van der Waals surface area (Å²) in [7, 11) is 5.74. The van der Waals surface area contributed by atoms with E-state index >= 15 is 0 Å². The number of nitrogens with zero attached hydrogens (tertiary/aromatic N) is 7. The van der Waals surface area contributed by atoms with E-state index in [-0.39, 0.29) is 18.4 Å². The number of hydrogen-bond acceptors (Lipinski definition) is 9. The molecule has 3 heterocycles. The Morgan fingerprint density at radius 2 is 2.10 bits per heavy atom. The third-order valence-electron chi connectivity index (χ3n) is 8.43. The molecule has 2 atom stereocenters. The van der Waals surface area contributed by atoms with Crippen molar-refractivity contribution >= 4 is 17.4 Å². The lowest BCUT2D eigenvalue weighted by Crippen LogP contribution is -2.55. The van der Waals surface area contributed by atoms with Crippen LogP contribution in [0.3, 0.4) is 0 Å². The zero-order valence-electron chi connectivity index (χ0n) is 24.5. The first kappa shape index (κ1) is 28.7. The zero-order chi connectivity index (χ0) is 28.9. The van der Waals surface area contributed by atoms with Crippen LogP contribution in [-0.4, -0.2) is 98.3 Å². The van der Waals surface area contributed by atoms with E-state index in [1.165, 1.54) is 17.3 Å². The van der Waals surface area contributed by atoms with Gasteiger partial charge in [-0.05, 0) is 57.5 Å². The highest BCUT2D eigenvalue weighted by atomic mass is 16.5. The maximum absolute atomic E-state index is 12.5. The van der Waals surface area contributed by atoms with Gasteiger partial charge < -0.3 is 29.1 Å².